The molecule has 2 heterocycles. The summed E-state index contributed by atoms with van der Waals surface area (Å²) in [5.74, 6) is 2.51. The van der Waals surface area contributed by atoms with Crippen molar-refractivity contribution in [2.24, 2.45) is 4.99 Å². The number of methoxy groups -OCH3 is 1. The summed E-state index contributed by atoms with van der Waals surface area (Å²) in [6, 6.07) is 18.9. The first-order valence-corrected chi connectivity index (χ1v) is 14.4. The van der Waals surface area contributed by atoms with E-state index < -0.39 is 12.0 Å². The lowest BCUT2D eigenvalue weighted by atomic mass is 9.93. The smallest absolute Gasteiger partial charge is 0.338 e. The number of rotatable bonds is 8. The van der Waals surface area contributed by atoms with Gasteiger partial charge < -0.3 is 14.2 Å². The van der Waals surface area contributed by atoms with Crippen molar-refractivity contribution < 1.29 is 19.0 Å². The lowest BCUT2D eigenvalue weighted by Gasteiger charge is -2.25. The van der Waals surface area contributed by atoms with Gasteiger partial charge in [0.1, 0.15) is 6.61 Å². The Hall–Kier alpha value is -4.29. The lowest BCUT2D eigenvalue weighted by molar-refractivity contribution is -0.138. The van der Waals surface area contributed by atoms with Crippen LogP contribution in [0.2, 0.25) is 10.0 Å². The highest BCUT2D eigenvalue weighted by Crippen LogP contribution is 2.37. The number of terminal acetylenes is 1. The maximum Gasteiger partial charge on any atom is 0.338 e. The van der Waals surface area contributed by atoms with Crippen LogP contribution < -0.4 is 24.4 Å². The summed E-state index contributed by atoms with van der Waals surface area (Å²) >= 11 is 13.9. The third-order valence-corrected chi connectivity index (χ3v) is 7.92. The molecule has 5 rings (SSSR count). The Bertz CT molecular complexity index is 1910. The van der Waals surface area contributed by atoms with Gasteiger partial charge in [0, 0.05) is 10.6 Å². The van der Waals surface area contributed by atoms with Gasteiger partial charge in [-0.05, 0) is 48.4 Å². The number of hydrogen-bond acceptors (Lipinski definition) is 7. The van der Waals surface area contributed by atoms with Crippen LogP contribution in [-0.4, -0.2) is 30.9 Å². The van der Waals surface area contributed by atoms with Crippen molar-refractivity contribution in [2.75, 3.05) is 20.3 Å². The van der Waals surface area contributed by atoms with Crippen LogP contribution in [0.25, 0.3) is 11.8 Å². The van der Waals surface area contributed by atoms with Gasteiger partial charge in [-0.1, -0.05) is 82.9 Å². The fraction of sp³-hybridized carbons (Fsp3) is 0.156. The second-order valence-electron chi connectivity index (χ2n) is 9.01. The topological polar surface area (TPSA) is 79.1 Å². The van der Waals surface area contributed by atoms with Crippen molar-refractivity contribution in [2.45, 2.75) is 13.0 Å². The summed E-state index contributed by atoms with van der Waals surface area (Å²) < 4.78 is 18.4. The Kier molecular flexibility index (Phi) is 8.83. The van der Waals surface area contributed by atoms with Gasteiger partial charge in [-0.25, -0.2) is 9.79 Å². The summed E-state index contributed by atoms with van der Waals surface area (Å²) in [6.45, 7) is 1.91. The molecule has 7 nitrogen and oxygen atoms in total. The van der Waals surface area contributed by atoms with Crippen molar-refractivity contribution in [1.29, 1.82) is 0 Å². The second-order valence-corrected chi connectivity index (χ2v) is 10.9. The predicted octanol–water partition coefficient (Wildman–Crippen LogP) is 5.26. The van der Waals surface area contributed by atoms with Crippen LogP contribution in [0.3, 0.4) is 0 Å². The molecule has 0 bridgehead atoms. The van der Waals surface area contributed by atoms with E-state index >= 15 is 0 Å². The van der Waals surface area contributed by atoms with Gasteiger partial charge in [0.15, 0.2) is 16.3 Å². The molecular weight excluding hydrogens is 595 g/mol. The minimum atomic E-state index is -0.812. The van der Waals surface area contributed by atoms with Gasteiger partial charge in [0.05, 0.1) is 40.6 Å². The standard InChI is InChI=1S/C32H24Cl2N2O5S/c1-4-15-41-29-23(34)16-19(17-24(29)39-3)18-25-30(37)36-28(21-11-13-22(33)14-12-21)26(31(38)40-5-2)27(35-32(36)42-25)20-9-7-6-8-10-20/h1,6-14,16-18,28H,5,15H2,2-3H3/b25-18-/t28-/m0/s1. The molecule has 0 saturated carbocycles. The van der Waals surface area contributed by atoms with E-state index in [1.54, 1.807) is 49.4 Å². The fourth-order valence-corrected chi connectivity index (χ4v) is 6.03. The normalized spacial score (nSPS) is 14.5. The highest BCUT2D eigenvalue weighted by Gasteiger charge is 2.35. The highest BCUT2D eigenvalue weighted by molar-refractivity contribution is 7.07. The number of thiazole rings is 1. The molecule has 0 aliphatic carbocycles. The van der Waals surface area contributed by atoms with E-state index in [2.05, 4.69) is 5.92 Å². The van der Waals surface area contributed by atoms with Crippen LogP contribution in [-0.2, 0) is 9.53 Å². The molecule has 0 saturated heterocycles. The number of fused-ring (bicyclic) bond motifs is 1. The maximum atomic E-state index is 14.1. The first kappa shape index (κ1) is 29.2. The predicted molar refractivity (Wildman–Crippen MR) is 165 cm³/mol. The van der Waals surface area contributed by atoms with Crippen molar-refractivity contribution in [3.05, 3.63) is 119 Å². The first-order valence-electron chi connectivity index (χ1n) is 12.8. The average Bonchev–Trinajstić information content (AvgIpc) is 3.30. The molecular formula is C32H24Cl2N2O5S. The highest BCUT2D eigenvalue weighted by atomic mass is 35.5. The van der Waals surface area contributed by atoms with E-state index in [4.69, 9.17) is 48.8 Å². The molecule has 10 heteroatoms. The van der Waals surface area contributed by atoms with Crippen LogP contribution in [0, 0.1) is 12.3 Å². The number of benzene rings is 3. The van der Waals surface area contributed by atoms with Crippen molar-refractivity contribution in [3.63, 3.8) is 0 Å². The second kappa shape index (κ2) is 12.7. The third kappa shape index (κ3) is 5.72. The quantitative estimate of drug-likeness (QED) is 0.199. The average molecular weight is 620 g/mol. The first-order chi connectivity index (χ1) is 20.4. The van der Waals surface area contributed by atoms with Crippen molar-refractivity contribution in [3.8, 4) is 23.8 Å². The van der Waals surface area contributed by atoms with Gasteiger partial charge >= 0.3 is 5.97 Å². The van der Waals surface area contributed by atoms with Crippen LogP contribution >= 0.6 is 34.5 Å². The zero-order valence-electron chi connectivity index (χ0n) is 22.6. The van der Waals surface area contributed by atoms with E-state index in [1.165, 1.54) is 23.0 Å². The van der Waals surface area contributed by atoms with E-state index in [0.717, 1.165) is 5.56 Å². The minimum Gasteiger partial charge on any atom is -0.493 e. The van der Waals surface area contributed by atoms with Gasteiger partial charge in [-0.3, -0.25) is 9.36 Å². The molecule has 0 unspecified atom stereocenters. The number of halogens is 2. The van der Waals surface area contributed by atoms with Crippen molar-refractivity contribution in [1.82, 2.24) is 4.57 Å². The largest absolute Gasteiger partial charge is 0.493 e. The third-order valence-electron chi connectivity index (χ3n) is 6.41. The summed E-state index contributed by atoms with van der Waals surface area (Å²) in [6.07, 6.45) is 7.01. The number of aromatic nitrogens is 1. The molecule has 212 valence electrons. The molecule has 0 amide bonds. The summed E-state index contributed by atoms with van der Waals surface area (Å²) in [5, 5.41) is 0.801. The Morgan fingerprint density at radius 2 is 1.88 bits per heavy atom. The zero-order valence-corrected chi connectivity index (χ0v) is 24.9. The number of esters is 1. The summed E-state index contributed by atoms with van der Waals surface area (Å²) in [4.78, 5) is 32.8. The van der Waals surface area contributed by atoms with Gasteiger partial charge in [0.25, 0.3) is 5.56 Å². The van der Waals surface area contributed by atoms with Gasteiger partial charge in [0.2, 0.25) is 0 Å². The van der Waals surface area contributed by atoms with Crippen LogP contribution in [0.1, 0.15) is 29.7 Å². The number of carbonyl (C=O) groups is 1. The van der Waals surface area contributed by atoms with E-state index in [-0.39, 0.29) is 29.4 Å². The molecule has 0 radical (unpaired) electrons. The number of hydrogen-bond donors (Lipinski definition) is 0. The molecule has 1 aliphatic heterocycles. The molecule has 0 fully saturated rings. The molecule has 0 spiro atoms. The molecule has 3 aromatic carbocycles. The number of ether oxygens (including phenoxy) is 3. The van der Waals surface area contributed by atoms with Crippen LogP contribution in [0.15, 0.2) is 82.1 Å². The Labute approximate surface area is 255 Å². The molecule has 1 aliphatic rings. The van der Waals surface area contributed by atoms with Crippen molar-refractivity contribution >= 4 is 52.3 Å². The maximum absolute atomic E-state index is 14.1. The minimum absolute atomic E-state index is 0.0191. The number of carbonyl (C=O) groups excluding carboxylic acids is 1. The molecule has 42 heavy (non-hydrogen) atoms. The molecule has 0 N–H and O–H groups in total. The monoisotopic (exact) mass is 618 g/mol. The SMILES string of the molecule is C#CCOc1c(Cl)cc(/C=c2\sc3n(c2=O)[C@@H](c2ccc(Cl)cc2)C(C(=O)OCC)=C(c2ccccc2)N=3)cc1OC. The Morgan fingerprint density at radius 1 is 1.14 bits per heavy atom. The molecule has 1 aromatic heterocycles. The van der Waals surface area contributed by atoms with Gasteiger partial charge in [-0.2, -0.15) is 0 Å². The Balaban J connectivity index is 1.77. The number of nitrogens with zero attached hydrogens (tertiary/aromatic N) is 2. The van der Waals surface area contributed by atoms with E-state index in [9.17, 15) is 9.59 Å². The van der Waals surface area contributed by atoms with Crippen LogP contribution in [0.4, 0.5) is 0 Å². The summed E-state index contributed by atoms with van der Waals surface area (Å²) in [5.41, 5.74) is 2.35. The Morgan fingerprint density at radius 3 is 2.55 bits per heavy atom. The van der Waals surface area contributed by atoms with Gasteiger partial charge in [-0.15, -0.1) is 6.42 Å². The molecule has 1 atom stereocenters. The van der Waals surface area contributed by atoms with E-state index in [0.29, 0.717) is 42.7 Å². The fourth-order valence-electron chi connectivity index (χ4n) is 4.63. The zero-order chi connectivity index (χ0) is 29.8. The van der Waals surface area contributed by atoms with Crippen LogP contribution in [0.5, 0.6) is 11.5 Å². The molecule has 4 aromatic rings. The lowest BCUT2D eigenvalue weighted by Crippen LogP contribution is -2.40. The van der Waals surface area contributed by atoms with E-state index in [1.807, 2.05) is 30.3 Å². The summed E-state index contributed by atoms with van der Waals surface area (Å²) in [7, 11) is 1.49.